The maximum absolute atomic E-state index is 13.5. The fraction of sp³-hybridized carbons (Fsp3) is 0.154. The van der Waals surface area contributed by atoms with Gasteiger partial charge in [-0.15, -0.1) is 0 Å². The molecule has 1 N–H and O–H groups in total. The van der Waals surface area contributed by atoms with Crippen LogP contribution in [0.4, 0.5) is 5.82 Å². The van der Waals surface area contributed by atoms with Crippen LogP contribution in [0.2, 0.25) is 0 Å². The molecule has 1 aliphatic rings. The van der Waals surface area contributed by atoms with E-state index in [4.69, 9.17) is 21.6 Å². The summed E-state index contributed by atoms with van der Waals surface area (Å²) < 4.78 is 7.36. The average molecular weight is 503 g/mol. The molecule has 1 fully saturated rings. The molecule has 35 heavy (non-hydrogen) atoms. The molecule has 176 valence electrons. The lowest BCUT2D eigenvalue weighted by molar-refractivity contribution is -0.122. The summed E-state index contributed by atoms with van der Waals surface area (Å²) in [5.74, 6) is 0.850. The largest absolute Gasteiger partial charge is 0.467 e. The second-order valence-electron chi connectivity index (χ2n) is 8.25. The fourth-order valence-electron chi connectivity index (χ4n) is 3.80. The smallest absolute Gasteiger partial charge is 0.267 e. The van der Waals surface area contributed by atoms with Crippen molar-refractivity contribution in [2.75, 3.05) is 5.32 Å². The number of carbonyl (C=O) groups excluding carboxylic acids is 1. The zero-order valence-electron chi connectivity index (χ0n) is 19.1. The van der Waals surface area contributed by atoms with Gasteiger partial charge in [-0.05, 0) is 49.2 Å². The Hall–Kier alpha value is -3.69. The Morgan fingerprint density at radius 1 is 1.11 bits per heavy atom. The van der Waals surface area contributed by atoms with Crippen LogP contribution in [-0.4, -0.2) is 24.5 Å². The molecule has 0 aliphatic carbocycles. The Bertz CT molecular complexity index is 1520. The minimum atomic E-state index is -0.274. The fourth-order valence-corrected chi connectivity index (χ4v) is 5.04. The number of aromatic nitrogens is 2. The number of carbonyl (C=O) groups is 1. The summed E-state index contributed by atoms with van der Waals surface area (Å²) in [4.78, 5) is 33.4. The monoisotopic (exact) mass is 502 g/mol. The van der Waals surface area contributed by atoms with E-state index in [0.717, 1.165) is 16.7 Å². The van der Waals surface area contributed by atoms with E-state index >= 15 is 0 Å². The Labute approximate surface area is 211 Å². The van der Waals surface area contributed by atoms with E-state index in [1.54, 1.807) is 35.6 Å². The zero-order chi connectivity index (χ0) is 24.5. The Balaban J connectivity index is 1.53. The number of aryl methyl sites for hydroxylation is 2. The Morgan fingerprint density at radius 2 is 1.91 bits per heavy atom. The molecule has 1 amide bonds. The van der Waals surface area contributed by atoms with Crippen LogP contribution < -0.4 is 10.9 Å². The minimum Gasteiger partial charge on any atom is -0.467 e. The summed E-state index contributed by atoms with van der Waals surface area (Å²) >= 11 is 6.69. The first kappa shape index (κ1) is 23.1. The number of anilines is 1. The lowest BCUT2D eigenvalue weighted by atomic mass is 10.1. The third-order valence-electron chi connectivity index (χ3n) is 5.70. The first-order valence-electron chi connectivity index (χ1n) is 11.0. The number of hydrogen-bond donors (Lipinski definition) is 1. The van der Waals surface area contributed by atoms with Crippen LogP contribution in [0.25, 0.3) is 11.7 Å². The van der Waals surface area contributed by atoms with E-state index in [9.17, 15) is 9.59 Å². The molecule has 5 rings (SSSR count). The van der Waals surface area contributed by atoms with Crippen molar-refractivity contribution in [3.63, 3.8) is 0 Å². The van der Waals surface area contributed by atoms with Gasteiger partial charge in [0.2, 0.25) is 0 Å². The second-order valence-corrected chi connectivity index (χ2v) is 9.93. The first-order valence-corrected chi connectivity index (χ1v) is 12.2. The van der Waals surface area contributed by atoms with Crippen molar-refractivity contribution in [2.45, 2.75) is 26.9 Å². The van der Waals surface area contributed by atoms with E-state index in [1.165, 1.54) is 16.2 Å². The van der Waals surface area contributed by atoms with Gasteiger partial charge in [0.15, 0.2) is 0 Å². The highest BCUT2D eigenvalue weighted by atomic mass is 32.2. The van der Waals surface area contributed by atoms with Gasteiger partial charge in [0.1, 0.15) is 21.5 Å². The van der Waals surface area contributed by atoms with Crippen molar-refractivity contribution in [3.05, 3.63) is 104 Å². The van der Waals surface area contributed by atoms with Crippen LogP contribution in [0.5, 0.6) is 0 Å². The van der Waals surface area contributed by atoms with E-state index in [0.29, 0.717) is 39.5 Å². The number of nitrogens with zero attached hydrogens (tertiary/aromatic N) is 3. The van der Waals surface area contributed by atoms with Gasteiger partial charge in [0.05, 0.1) is 29.8 Å². The molecule has 0 bridgehead atoms. The van der Waals surface area contributed by atoms with E-state index in [2.05, 4.69) is 5.32 Å². The molecule has 0 saturated carbocycles. The molecule has 0 spiro atoms. The molecule has 1 aliphatic heterocycles. The normalized spacial score (nSPS) is 14.9. The second kappa shape index (κ2) is 9.52. The van der Waals surface area contributed by atoms with Gasteiger partial charge in [-0.3, -0.25) is 18.9 Å². The highest BCUT2D eigenvalue weighted by molar-refractivity contribution is 8.26. The zero-order valence-corrected chi connectivity index (χ0v) is 20.8. The number of benzene rings is 1. The first-order chi connectivity index (χ1) is 16.9. The number of nitrogens with one attached hydrogen (secondary N) is 1. The summed E-state index contributed by atoms with van der Waals surface area (Å²) in [7, 11) is 0. The van der Waals surface area contributed by atoms with Crippen LogP contribution in [0.1, 0.15) is 28.0 Å². The molecule has 4 aromatic rings. The van der Waals surface area contributed by atoms with Crippen molar-refractivity contribution in [3.8, 4) is 0 Å². The molecule has 9 heteroatoms. The van der Waals surface area contributed by atoms with Crippen molar-refractivity contribution in [1.82, 2.24) is 14.3 Å². The molecular weight excluding hydrogens is 480 g/mol. The molecule has 0 radical (unpaired) electrons. The van der Waals surface area contributed by atoms with Crippen LogP contribution in [0.15, 0.2) is 75.1 Å². The van der Waals surface area contributed by atoms with Crippen molar-refractivity contribution in [2.24, 2.45) is 0 Å². The lowest BCUT2D eigenvalue weighted by Gasteiger charge is -2.14. The lowest BCUT2D eigenvalue weighted by Crippen LogP contribution is -2.27. The molecule has 1 aromatic carbocycles. The predicted octanol–water partition coefficient (Wildman–Crippen LogP) is 4.92. The van der Waals surface area contributed by atoms with Gasteiger partial charge in [-0.2, -0.15) is 0 Å². The maximum Gasteiger partial charge on any atom is 0.267 e. The minimum absolute atomic E-state index is 0.230. The molecule has 1 saturated heterocycles. The SMILES string of the molecule is Cc1ccc(CN2C(=O)/C(=C/c3c(NCc4ccco4)nc4c(C)cccn4c3=O)SC2=S)cc1. The number of rotatable bonds is 6. The highest BCUT2D eigenvalue weighted by Crippen LogP contribution is 2.34. The third-order valence-corrected chi connectivity index (χ3v) is 7.08. The number of hydrogen-bond acceptors (Lipinski definition) is 7. The molecule has 0 unspecified atom stereocenters. The Morgan fingerprint density at radius 3 is 2.66 bits per heavy atom. The van der Waals surface area contributed by atoms with E-state index < -0.39 is 0 Å². The van der Waals surface area contributed by atoms with Gasteiger partial charge in [0, 0.05) is 6.20 Å². The maximum atomic E-state index is 13.5. The number of fused-ring (bicyclic) bond motifs is 1. The van der Waals surface area contributed by atoms with E-state index in [-0.39, 0.29) is 17.0 Å². The van der Waals surface area contributed by atoms with Crippen LogP contribution in [0.3, 0.4) is 0 Å². The predicted molar refractivity (Wildman–Crippen MR) is 142 cm³/mol. The van der Waals surface area contributed by atoms with Gasteiger partial charge < -0.3 is 9.73 Å². The number of thioether (sulfide) groups is 1. The van der Waals surface area contributed by atoms with Crippen molar-refractivity contribution < 1.29 is 9.21 Å². The number of furan rings is 1. The molecule has 7 nitrogen and oxygen atoms in total. The molecular formula is C26H22N4O3S2. The van der Waals surface area contributed by atoms with Gasteiger partial charge in [-0.25, -0.2) is 4.98 Å². The number of amides is 1. The summed E-state index contributed by atoms with van der Waals surface area (Å²) in [5.41, 5.74) is 3.55. The Kier molecular flexibility index (Phi) is 6.27. The van der Waals surface area contributed by atoms with Gasteiger partial charge in [0.25, 0.3) is 11.5 Å². The van der Waals surface area contributed by atoms with Crippen LogP contribution in [0, 0.1) is 13.8 Å². The molecule has 0 atom stereocenters. The third kappa shape index (κ3) is 4.65. The highest BCUT2D eigenvalue weighted by Gasteiger charge is 2.32. The van der Waals surface area contributed by atoms with Gasteiger partial charge in [-0.1, -0.05) is 59.9 Å². The van der Waals surface area contributed by atoms with Crippen LogP contribution >= 0.6 is 24.0 Å². The average Bonchev–Trinajstić information content (AvgIpc) is 3.45. The quantitative estimate of drug-likeness (QED) is 0.296. The number of thiocarbonyl (C=S) groups is 1. The van der Waals surface area contributed by atoms with Crippen molar-refractivity contribution in [1.29, 1.82) is 0 Å². The summed E-state index contributed by atoms with van der Waals surface area (Å²) in [6.07, 6.45) is 4.85. The van der Waals surface area contributed by atoms with Crippen LogP contribution in [-0.2, 0) is 17.9 Å². The topological polar surface area (TPSA) is 79.8 Å². The number of pyridine rings is 1. The summed E-state index contributed by atoms with van der Waals surface area (Å²) in [6.45, 7) is 4.63. The summed E-state index contributed by atoms with van der Waals surface area (Å²) in [5, 5.41) is 3.20. The molecule has 4 heterocycles. The van der Waals surface area contributed by atoms with E-state index in [1.807, 2.05) is 50.2 Å². The summed E-state index contributed by atoms with van der Waals surface area (Å²) in [6, 6.07) is 15.3. The standard InChI is InChI=1S/C26H22N4O3S2/c1-16-7-9-18(10-8-16)15-30-25(32)21(35-26(30)34)13-20-22(27-14-19-6-4-12-33-19)28-23-17(2)5-3-11-29(23)24(20)31/h3-13,27H,14-15H2,1-2H3/b21-13-. The van der Waals surface area contributed by atoms with Crippen molar-refractivity contribution >= 4 is 51.7 Å². The van der Waals surface area contributed by atoms with Gasteiger partial charge >= 0.3 is 0 Å². The molecule has 3 aromatic heterocycles.